The van der Waals surface area contributed by atoms with Crippen molar-refractivity contribution in [2.75, 3.05) is 13.2 Å². The van der Waals surface area contributed by atoms with Gasteiger partial charge in [0.15, 0.2) is 5.60 Å². The van der Waals surface area contributed by atoms with Gasteiger partial charge >= 0.3 is 5.97 Å². The fraction of sp³-hybridized carbons (Fsp3) is 0.947. The molecule has 0 radical (unpaired) electrons. The highest BCUT2D eigenvalue weighted by atomic mass is 79.9. The number of epoxide rings is 1. The molecule has 0 amide bonds. The molecule has 1 heterocycles. The van der Waals surface area contributed by atoms with E-state index in [4.69, 9.17) is 9.47 Å². The second-order valence-electron chi connectivity index (χ2n) is 6.90. The molecule has 3 nitrogen and oxygen atoms in total. The van der Waals surface area contributed by atoms with E-state index in [-0.39, 0.29) is 5.97 Å². The van der Waals surface area contributed by atoms with Crippen LogP contribution in [-0.2, 0) is 14.3 Å². The summed E-state index contributed by atoms with van der Waals surface area (Å²) in [5.74, 6) is -0.144. The SMILES string of the molecule is CCCCOC(=O)C1(CCCCCCC(Br)C(Br)CCCC)CO1. The van der Waals surface area contributed by atoms with E-state index < -0.39 is 5.60 Å². The highest BCUT2D eigenvalue weighted by Gasteiger charge is 2.52. The van der Waals surface area contributed by atoms with Crippen LogP contribution in [-0.4, -0.2) is 34.4 Å². The molecular weight excluding hydrogens is 436 g/mol. The van der Waals surface area contributed by atoms with Gasteiger partial charge in [0, 0.05) is 9.65 Å². The van der Waals surface area contributed by atoms with Crippen molar-refractivity contribution in [3.05, 3.63) is 0 Å². The third kappa shape index (κ3) is 8.66. The van der Waals surface area contributed by atoms with Gasteiger partial charge in [0.25, 0.3) is 0 Å². The minimum absolute atomic E-state index is 0.144. The molecule has 1 fully saturated rings. The van der Waals surface area contributed by atoms with Gasteiger partial charge in [-0.3, -0.25) is 0 Å². The zero-order chi connectivity index (χ0) is 17.8. The third-order valence-electron chi connectivity index (χ3n) is 4.63. The van der Waals surface area contributed by atoms with E-state index in [9.17, 15) is 4.79 Å². The molecule has 1 aliphatic rings. The van der Waals surface area contributed by atoms with Gasteiger partial charge in [-0.1, -0.05) is 84.2 Å². The first kappa shape index (κ1) is 22.4. The predicted octanol–water partition coefficient (Wildman–Crippen LogP) is 6.16. The topological polar surface area (TPSA) is 38.8 Å². The number of carbonyl (C=O) groups excluding carboxylic acids is 1. The van der Waals surface area contributed by atoms with Crippen LogP contribution in [0.1, 0.15) is 84.5 Å². The zero-order valence-corrected chi connectivity index (χ0v) is 18.5. The largest absolute Gasteiger partial charge is 0.463 e. The molecule has 3 atom stereocenters. The summed E-state index contributed by atoms with van der Waals surface area (Å²) in [6.45, 7) is 5.40. The first-order chi connectivity index (χ1) is 11.6. The average molecular weight is 470 g/mol. The molecule has 3 unspecified atom stereocenters. The summed E-state index contributed by atoms with van der Waals surface area (Å²) in [5.41, 5.74) is -0.590. The van der Waals surface area contributed by atoms with Crippen LogP contribution in [0.4, 0.5) is 0 Å². The van der Waals surface area contributed by atoms with E-state index in [1.807, 2.05) is 0 Å². The van der Waals surface area contributed by atoms with Crippen molar-refractivity contribution in [1.29, 1.82) is 0 Å². The molecule has 0 aliphatic carbocycles. The summed E-state index contributed by atoms with van der Waals surface area (Å²) in [6, 6.07) is 0. The average Bonchev–Trinajstić information content (AvgIpc) is 3.36. The molecule has 0 saturated carbocycles. The molecule has 0 bridgehead atoms. The maximum atomic E-state index is 12.0. The molecule has 1 aliphatic heterocycles. The Balaban J connectivity index is 2.04. The van der Waals surface area contributed by atoms with Gasteiger partial charge in [0.1, 0.15) is 0 Å². The molecule has 5 heteroatoms. The van der Waals surface area contributed by atoms with Crippen molar-refractivity contribution < 1.29 is 14.3 Å². The molecule has 0 aromatic rings. The number of rotatable bonds is 15. The smallest absolute Gasteiger partial charge is 0.340 e. The molecule has 1 saturated heterocycles. The summed E-state index contributed by atoms with van der Waals surface area (Å²) in [7, 11) is 0. The Bertz CT molecular complexity index is 346. The lowest BCUT2D eigenvalue weighted by Gasteiger charge is -2.16. The minimum atomic E-state index is -0.590. The van der Waals surface area contributed by atoms with Crippen molar-refractivity contribution in [2.45, 2.75) is 99.7 Å². The van der Waals surface area contributed by atoms with E-state index in [0.717, 1.165) is 32.1 Å². The highest BCUT2D eigenvalue weighted by molar-refractivity contribution is 9.12. The summed E-state index contributed by atoms with van der Waals surface area (Å²) in [5, 5.41) is 0. The van der Waals surface area contributed by atoms with E-state index in [2.05, 4.69) is 45.7 Å². The van der Waals surface area contributed by atoms with Gasteiger partial charge in [-0.25, -0.2) is 4.79 Å². The molecule has 0 spiro atoms. The molecule has 1 rings (SSSR count). The minimum Gasteiger partial charge on any atom is -0.463 e. The summed E-state index contributed by atoms with van der Waals surface area (Å²) < 4.78 is 10.7. The number of alkyl halides is 2. The first-order valence-electron chi connectivity index (χ1n) is 9.65. The van der Waals surface area contributed by atoms with Crippen LogP contribution in [0.2, 0.25) is 0 Å². The van der Waals surface area contributed by atoms with E-state index in [0.29, 0.717) is 22.9 Å². The second-order valence-corrected chi connectivity index (χ2v) is 9.25. The van der Waals surface area contributed by atoms with Gasteiger partial charge in [0.2, 0.25) is 0 Å². The molecular formula is C19H34Br2O3. The number of hydrogen-bond donors (Lipinski definition) is 0. The molecule has 0 N–H and O–H groups in total. The molecule has 0 aromatic carbocycles. The van der Waals surface area contributed by atoms with Gasteiger partial charge < -0.3 is 9.47 Å². The number of hydrogen-bond acceptors (Lipinski definition) is 3. The van der Waals surface area contributed by atoms with Gasteiger partial charge in [-0.05, 0) is 32.1 Å². The maximum absolute atomic E-state index is 12.0. The highest BCUT2D eigenvalue weighted by Crippen LogP contribution is 2.34. The Morgan fingerprint density at radius 3 is 2.17 bits per heavy atom. The van der Waals surface area contributed by atoms with Gasteiger partial charge in [0.05, 0.1) is 13.2 Å². The predicted molar refractivity (Wildman–Crippen MR) is 107 cm³/mol. The summed E-state index contributed by atoms with van der Waals surface area (Å²) in [4.78, 5) is 13.2. The van der Waals surface area contributed by atoms with E-state index >= 15 is 0 Å². The lowest BCUT2D eigenvalue weighted by molar-refractivity contribution is -0.150. The zero-order valence-electron chi connectivity index (χ0n) is 15.3. The van der Waals surface area contributed by atoms with Crippen molar-refractivity contribution in [2.24, 2.45) is 0 Å². The number of esters is 1. The maximum Gasteiger partial charge on any atom is 0.340 e. The van der Waals surface area contributed by atoms with E-state index in [1.165, 1.54) is 38.5 Å². The lowest BCUT2D eigenvalue weighted by Crippen LogP contribution is -2.27. The quantitative estimate of drug-likeness (QED) is 0.125. The van der Waals surface area contributed by atoms with Crippen LogP contribution >= 0.6 is 31.9 Å². The standard InChI is InChI=1S/C19H34Br2O3/c1-3-5-11-16(20)17(21)12-9-7-8-10-13-19(15-24-19)18(22)23-14-6-4-2/h16-17H,3-15H2,1-2H3. The van der Waals surface area contributed by atoms with E-state index in [1.54, 1.807) is 0 Å². The fourth-order valence-electron chi connectivity index (χ4n) is 2.76. The molecule has 142 valence electrons. The normalized spacial score (nSPS) is 22.2. The molecule has 24 heavy (non-hydrogen) atoms. The first-order valence-corrected chi connectivity index (χ1v) is 11.5. The van der Waals surface area contributed by atoms with Crippen molar-refractivity contribution >= 4 is 37.8 Å². The van der Waals surface area contributed by atoms with Crippen LogP contribution in [0.5, 0.6) is 0 Å². The number of halogens is 2. The van der Waals surface area contributed by atoms with Crippen LogP contribution in [0.3, 0.4) is 0 Å². The van der Waals surface area contributed by atoms with Crippen molar-refractivity contribution in [1.82, 2.24) is 0 Å². The Labute approximate surface area is 164 Å². The monoisotopic (exact) mass is 468 g/mol. The van der Waals surface area contributed by atoms with Gasteiger partial charge in [-0.2, -0.15) is 0 Å². The number of ether oxygens (including phenoxy) is 2. The fourth-order valence-corrected chi connectivity index (χ4v) is 3.93. The lowest BCUT2D eigenvalue weighted by atomic mass is 10.0. The van der Waals surface area contributed by atoms with Crippen molar-refractivity contribution in [3.8, 4) is 0 Å². The summed E-state index contributed by atoms with van der Waals surface area (Å²) >= 11 is 7.59. The Hall–Kier alpha value is 0.390. The van der Waals surface area contributed by atoms with Crippen LogP contribution in [0.25, 0.3) is 0 Å². The van der Waals surface area contributed by atoms with Crippen LogP contribution in [0, 0.1) is 0 Å². The Kier molecular flexibility index (Phi) is 11.9. The number of carbonyl (C=O) groups is 1. The summed E-state index contributed by atoms with van der Waals surface area (Å²) in [6.07, 6.45) is 12.4. The van der Waals surface area contributed by atoms with Crippen LogP contribution < -0.4 is 0 Å². The van der Waals surface area contributed by atoms with Crippen molar-refractivity contribution in [3.63, 3.8) is 0 Å². The van der Waals surface area contributed by atoms with Gasteiger partial charge in [-0.15, -0.1) is 0 Å². The number of unbranched alkanes of at least 4 members (excludes halogenated alkanes) is 5. The molecule has 0 aromatic heterocycles. The van der Waals surface area contributed by atoms with Crippen LogP contribution in [0.15, 0.2) is 0 Å². The third-order valence-corrected chi connectivity index (χ3v) is 7.53. The Morgan fingerprint density at radius 1 is 1.00 bits per heavy atom. The second kappa shape index (κ2) is 12.7. The Morgan fingerprint density at radius 2 is 1.58 bits per heavy atom.